The molecule has 18 heavy (non-hydrogen) atoms. The monoisotopic (exact) mass is 250 g/mol. The Balaban J connectivity index is 2.23. The van der Waals surface area contributed by atoms with Gasteiger partial charge in [0.1, 0.15) is 0 Å². The Kier molecular flexibility index (Phi) is 6.11. The summed E-state index contributed by atoms with van der Waals surface area (Å²) in [5.74, 6) is 0.751. The van der Waals surface area contributed by atoms with Gasteiger partial charge in [0.2, 0.25) is 11.9 Å². The standard InChI is InChI=1S/C13H22N4O/c1-4-7-14-12(18)6-5-8-15-13-16-10(2)9-11(3)17-13/h9H,4-8H2,1-3H3,(H,14,18)(H,15,16,17). The third-order valence-electron chi connectivity index (χ3n) is 2.42. The average molecular weight is 250 g/mol. The van der Waals surface area contributed by atoms with E-state index in [1.807, 2.05) is 26.8 Å². The molecule has 0 bridgehead atoms. The first-order chi connectivity index (χ1) is 8.61. The molecule has 0 spiro atoms. The van der Waals surface area contributed by atoms with Crippen LogP contribution in [-0.4, -0.2) is 29.0 Å². The van der Waals surface area contributed by atoms with E-state index in [-0.39, 0.29) is 5.91 Å². The van der Waals surface area contributed by atoms with Crippen molar-refractivity contribution in [3.05, 3.63) is 17.5 Å². The molecular formula is C13H22N4O. The Bertz CT molecular complexity index is 372. The normalized spacial score (nSPS) is 10.2. The van der Waals surface area contributed by atoms with E-state index in [1.165, 1.54) is 0 Å². The number of carbonyl (C=O) groups excluding carboxylic acids is 1. The molecule has 0 saturated heterocycles. The van der Waals surface area contributed by atoms with E-state index < -0.39 is 0 Å². The molecule has 0 aromatic carbocycles. The van der Waals surface area contributed by atoms with Crippen LogP contribution in [0.3, 0.4) is 0 Å². The van der Waals surface area contributed by atoms with E-state index in [0.717, 1.165) is 30.8 Å². The van der Waals surface area contributed by atoms with E-state index in [1.54, 1.807) is 0 Å². The van der Waals surface area contributed by atoms with Crippen LogP contribution in [0.2, 0.25) is 0 Å². The first-order valence-electron chi connectivity index (χ1n) is 6.44. The van der Waals surface area contributed by atoms with Crippen molar-refractivity contribution in [2.45, 2.75) is 40.0 Å². The molecule has 1 aromatic heterocycles. The van der Waals surface area contributed by atoms with Crippen molar-refractivity contribution in [2.75, 3.05) is 18.4 Å². The molecule has 1 amide bonds. The average Bonchev–Trinajstić information content (AvgIpc) is 2.31. The van der Waals surface area contributed by atoms with Gasteiger partial charge in [-0.15, -0.1) is 0 Å². The highest BCUT2D eigenvalue weighted by molar-refractivity contribution is 5.75. The molecule has 0 saturated carbocycles. The summed E-state index contributed by atoms with van der Waals surface area (Å²) in [6.45, 7) is 7.39. The largest absolute Gasteiger partial charge is 0.356 e. The minimum absolute atomic E-state index is 0.111. The van der Waals surface area contributed by atoms with Gasteiger partial charge in [-0.2, -0.15) is 0 Å². The zero-order valence-electron chi connectivity index (χ0n) is 11.4. The lowest BCUT2D eigenvalue weighted by molar-refractivity contribution is -0.121. The van der Waals surface area contributed by atoms with Crippen molar-refractivity contribution < 1.29 is 4.79 Å². The van der Waals surface area contributed by atoms with Crippen LogP contribution in [0.25, 0.3) is 0 Å². The summed E-state index contributed by atoms with van der Waals surface area (Å²) < 4.78 is 0. The quantitative estimate of drug-likeness (QED) is 0.724. The maximum atomic E-state index is 11.4. The van der Waals surface area contributed by atoms with Crippen molar-refractivity contribution in [1.29, 1.82) is 0 Å². The summed E-state index contributed by atoms with van der Waals surface area (Å²) in [5.41, 5.74) is 1.90. The van der Waals surface area contributed by atoms with E-state index in [2.05, 4.69) is 20.6 Å². The first kappa shape index (κ1) is 14.4. The van der Waals surface area contributed by atoms with Crippen LogP contribution in [0.5, 0.6) is 0 Å². The Morgan fingerprint density at radius 3 is 2.50 bits per heavy atom. The van der Waals surface area contributed by atoms with Gasteiger partial charge in [0.05, 0.1) is 0 Å². The third-order valence-corrected chi connectivity index (χ3v) is 2.42. The minimum atomic E-state index is 0.111. The maximum absolute atomic E-state index is 11.4. The number of nitrogens with one attached hydrogen (secondary N) is 2. The predicted octanol–water partition coefficient (Wildman–Crippen LogP) is 1.81. The fourth-order valence-corrected chi connectivity index (χ4v) is 1.61. The number of carbonyl (C=O) groups is 1. The molecule has 1 rings (SSSR count). The number of aryl methyl sites for hydroxylation is 2. The fourth-order valence-electron chi connectivity index (χ4n) is 1.61. The zero-order valence-corrected chi connectivity index (χ0v) is 11.4. The van der Waals surface area contributed by atoms with E-state index in [0.29, 0.717) is 18.9 Å². The third kappa shape index (κ3) is 5.61. The van der Waals surface area contributed by atoms with Crippen molar-refractivity contribution in [2.24, 2.45) is 0 Å². The van der Waals surface area contributed by atoms with Crippen LogP contribution >= 0.6 is 0 Å². The molecule has 5 heteroatoms. The van der Waals surface area contributed by atoms with Crippen LogP contribution in [-0.2, 0) is 4.79 Å². The SMILES string of the molecule is CCCNC(=O)CCCNc1nc(C)cc(C)n1. The summed E-state index contributed by atoms with van der Waals surface area (Å²) in [4.78, 5) is 19.9. The smallest absolute Gasteiger partial charge is 0.223 e. The lowest BCUT2D eigenvalue weighted by atomic mass is 10.3. The van der Waals surface area contributed by atoms with E-state index in [4.69, 9.17) is 0 Å². The number of hydrogen-bond donors (Lipinski definition) is 2. The number of amides is 1. The summed E-state index contributed by atoms with van der Waals surface area (Å²) in [6, 6.07) is 1.93. The van der Waals surface area contributed by atoms with Crippen molar-refractivity contribution >= 4 is 11.9 Å². The summed E-state index contributed by atoms with van der Waals surface area (Å²) in [7, 11) is 0. The molecule has 0 unspecified atom stereocenters. The van der Waals surface area contributed by atoms with Crippen LogP contribution < -0.4 is 10.6 Å². The molecule has 0 radical (unpaired) electrons. The highest BCUT2D eigenvalue weighted by Gasteiger charge is 2.01. The molecule has 0 aliphatic rings. The Morgan fingerprint density at radius 2 is 1.89 bits per heavy atom. The topological polar surface area (TPSA) is 66.9 Å². The summed E-state index contributed by atoms with van der Waals surface area (Å²) in [6.07, 6.45) is 2.30. The zero-order chi connectivity index (χ0) is 13.4. The van der Waals surface area contributed by atoms with E-state index >= 15 is 0 Å². The summed E-state index contributed by atoms with van der Waals surface area (Å²) >= 11 is 0. The van der Waals surface area contributed by atoms with Crippen molar-refractivity contribution in [3.8, 4) is 0 Å². The number of anilines is 1. The molecule has 1 aromatic rings. The van der Waals surface area contributed by atoms with Gasteiger partial charge in [-0.3, -0.25) is 4.79 Å². The van der Waals surface area contributed by atoms with E-state index in [9.17, 15) is 4.79 Å². The first-order valence-corrected chi connectivity index (χ1v) is 6.44. The maximum Gasteiger partial charge on any atom is 0.223 e. The van der Waals surface area contributed by atoms with Crippen LogP contribution in [0, 0.1) is 13.8 Å². The predicted molar refractivity (Wildman–Crippen MR) is 72.5 cm³/mol. The number of hydrogen-bond acceptors (Lipinski definition) is 4. The highest BCUT2D eigenvalue weighted by Crippen LogP contribution is 2.03. The molecule has 0 fully saturated rings. The van der Waals surface area contributed by atoms with Crippen LogP contribution in [0.4, 0.5) is 5.95 Å². The van der Waals surface area contributed by atoms with Crippen molar-refractivity contribution in [3.63, 3.8) is 0 Å². The lowest BCUT2D eigenvalue weighted by Gasteiger charge is -2.06. The number of rotatable bonds is 7. The second-order valence-corrected chi connectivity index (χ2v) is 4.35. The Morgan fingerprint density at radius 1 is 1.22 bits per heavy atom. The fraction of sp³-hybridized carbons (Fsp3) is 0.615. The summed E-state index contributed by atoms with van der Waals surface area (Å²) in [5, 5.41) is 5.99. The van der Waals surface area contributed by atoms with Gasteiger partial charge in [-0.05, 0) is 32.8 Å². The van der Waals surface area contributed by atoms with Gasteiger partial charge >= 0.3 is 0 Å². The molecule has 1 heterocycles. The van der Waals surface area contributed by atoms with Gasteiger partial charge in [-0.25, -0.2) is 9.97 Å². The molecule has 100 valence electrons. The van der Waals surface area contributed by atoms with Gasteiger partial charge in [0.15, 0.2) is 0 Å². The van der Waals surface area contributed by atoms with Gasteiger partial charge < -0.3 is 10.6 Å². The number of aromatic nitrogens is 2. The lowest BCUT2D eigenvalue weighted by Crippen LogP contribution is -2.24. The second-order valence-electron chi connectivity index (χ2n) is 4.35. The minimum Gasteiger partial charge on any atom is -0.356 e. The highest BCUT2D eigenvalue weighted by atomic mass is 16.1. The molecule has 0 aliphatic heterocycles. The molecule has 0 aliphatic carbocycles. The van der Waals surface area contributed by atoms with Gasteiger partial charge in [0, 0.05) is 30.9 Å². The van der Waals surface area contributed by atoms with Crippen molar-refractivity contribution in [1.82, 2.24) is 15.3 Å². The Labute approximate surface area is 108 Å². The molecule has 2 N–H and O–H groups in total. The van der Waals surface area contributed by atoms with Gasteiger partial charge in [0.25, 0.3) is 0 Å². The van der Waals surface area contributed by atoms with Gasteiger partial charge in [-0.1, -0.05) is 6.92 Å². The molecule has 5 nitrogen and oxygen atoms in total. The Hall–Kier alpha value is -1.65. The molecular weight excluding hydrogens is 228 g/mol. The van der Waals surface area contributed by atoms with Crippen LogP contribution in [0.15, 0.2) is 6.07 Å². The second kappa shape index (κ2) is 7.63. The van der Waals surface area contributed by atoms with Crippen LogP contribution in [0.1, 0.15) is 37.6 Å². The number of nitrogens with zero attached hydrogens (tertiary/aromatic N) is 2. The molecule has 0 atom stereocenters.